The number of aryl methyl sites for hydroxylation is 2. The number of imidazole rings is 1. The van der Waals surface area contributed by atoms with Crippen LogP contribution < -0.4 is 10.6 Å². The fourth-order valence-electron chi connectivity index (χ4n) is 4.61. The average molecular weight is 559 g/mol. The first-order chi connectivity index (χ1) is 19.7. The summed E-state index contributed by atoms with van der Waals surface area (Å²) in [6.45, 7) is 6.83. The topological polar surface area (TPSA) is 75.1 Å². The molecule has 0 atom stereocenters. The van der Waals surface area contributed by atoms with E-state index in [9.17, 15) is 18.0 Å². The van der Waals surface area contributed by atoms with Gasteiger partial charge in [0.25, 0.3) is 5.91 Å². The number of amides is 1. The zero-order valence-corrected chi connectivity index (χ0v) is 22.7. The summed E-state index contributed by atoms with van der Waals surface area (Å²) in [7, 11) is 0. The van der Waals surface area contributed by atoms with Gasteiger partial charge in [-0.3, -0.25) is 14.7 Å². The maximum Gasteiger partial charge on any atom is 0.416 e. The first-order valence-electron chi connectivity index (χ1n) is 13.2. The molecule has 41 heavy (non-hydrogen) atoms. The van der Waals surface area contributed by atoms with Crippen molar-refractivity contribution in [2.24, 2.45) is 0 Å². The van der Waals surface area contributed by atoms with E-state index in [1.807, 2.05) is 35.6 Å². The maximum absolute atomic E-state index is 13.9. The van der Waals surface area contributed by atoms with Crippen molar-refractivity contribution >= 4 is 11.6 Å². The molecule has 2 aromatic carbocycles. The van der Waals surface area contributed by atoms with Crippen LogP contribution >= 0.6 is 0 Å². The Labute approximate surface area is 236 Å². The minimum absolute atomic E-state index is 0.0808. The Balaban J connectivity index is 1.34. The molecular weight excluding hydrogens is 529 g/mol. The highest BCUT2D eigenvalue weighted by atomic mass is 19.4. The van der Waals surface area contributed by atoms with Crippen LogP contribution in [0.2, 0.25) is 0 Å². The lowest BCUT2D eigenvalue weighted by molar-refractivity contribution is -0.138. The van der Waals surface area contributed by atoms with Gasteiger partial charge < -0.3 is 15.2 Å². The standard InChI is InChI=1S/C31H29F3N6O/c1-21-3-5-25(14-24(21)6-4-23-13-28(17-36-16-23)40-18-22(2)37-20-40)30(41)38-27-8-7-26(29(15-27)31(32,33)34)19-39-11-9-35-10-12-39/h3,5,7-8,13-18,20,35H,9-12,19H2,1-2H3,(H,38,41). The zero-order valence-electron chi connectivity index (χ0n) is 22.7. The van der Waals surface area contributed by atoms with Crippen molar-refractivity contribution in [3.63, 3.8) is 0 Å². The van der Waals surface area contributed by atoms with Crippen molar-refractivity contribution in [3.05, 3.63) is 106 Å². The fourth-order valence-corrected chi connectivity index (χ4v) is 4.61. The summed E-state index contributed by atoms with van der Waals surface area (Å²) in [4.78, 5) is 23.5. The molecule has 3 heterocycles. The molecule has 1 aliphatic rings. The van der Waals surface area contributed by atoms with Crippen LogP contribution in [0, 0.1) is 25.7 Å². The van der Waals surface area contributed by atoms with Crippen LogP contribution in [0.5, 0.6) is 0 Å². The zero-order chi connectivity index (χ0) is 29.0. The highest BCUT2D eigenvalue weighted by Crippen LogP contribution is 2.34. The number of hydrogen-bond donors (Lipinski definition) is 2. The Bertz CT molecular complexity index is 1630. The van der Waals surface area contributed by atoms with Crippen molar-refractivity contribution in [2.75, 3.05) is 31.5 Å². The van der Waals surface area contributed by atoms with E-state index in [0.29, 0.717) is 29.8 Å². The van der Waals surface area contributed by atoms with Crippen LogP contribution in [0.25, 0.3) is 5.69 Å². The molecule has 2 aromatic heterocycles. The quantitative estimate of drug-likeness (QED) is 0.339. The highest BCUT2D eigenvalue weighted by Gasteiger charge is 2.34. The number of carbonyl (C=O) groups is 1. The fraction of sp³-hybridized carbons (Fsp3) is 0.258. The van der Waals surface area contributed by atoms with Crippen molar-refractivity contribution in [1.29, 1.82) is 0 Å². The molecule has 0 bridgehead atoms. The first kappa shape index (κ1) is 28.1. The Morgan fingerprint density at radius 1 is 1.05 bits per heavy atom. The Kier molecular flexibility index (Phi) is 8.19. The monoisotopic (exact) mass is 558 g/mol. The molecule has 0 radical (unpaired) electrons. The van der Waals surface area contributed by atoms with E-state index < -0.39 is 17.6 Å². The minimum atomic E-state index is -4.54. The van der Waals surface area contributed by atoms with Crippen molar-refractivity contribution in [2.45, 2.75) is 26.6 Å². The largest absolute Gasteiger partial charge is 0.416 e. The van der Waals surface area contributed by atoms with Gasteiger partial charge in [0.05, 0.1) is 29.5 Å². The SMILES string of the molecule is Cc1cn(-c2cncc(C#Cc3cc(C(=O)Nc4ccc(CN5CCNCC5)c(C(F)(F)F)c4)ccc3C)c2)cn1. The lowest BCUT2D eigenvalue weighted by atomic mass is 10.0. The van der Waals surface area contributed by atoms with E-state index in [0.717, 1.165) is 36.1 Å². The van der Waals surface area contributed by atoms with Crippen LogP contribution in [0.1, 0.15) is 43.9 Å². The van der Waals surface area contributed by atoms with Crippen LogP contribution in [0.15, 0.2) is 67.4 Å². The molecule has 1 saturated heterocycles. The number of rotatable bonds is 5. The number of anilines is 1. The second kappa shape index (κ2) is 12.0. The third-order valence-corrected chi connectivity index (χ3v) is 6.85. The van der Waals surface area contributed by atoms with Crippen LogP contribution in [0.3, 0.4) is 0 Å². The summed E-state index contributed by atoms with van der Waals surface area (Å²) in [5.74, 6) is 5.66. The summed E-state index contributed by atoms with van der Waals surface area (Å²) in [6, 6.07) is 10.9. The highest BCUT2D eigenvalue weighted by molar-refractivity contribution is 6.04. The van der Waals surface area contributed by atoms with Gasteiger partial charge >= 0.3 is 6.18 Å². The Hall–Kier alpha value is -4.46. The number of pyridine rings is 1. The first-order valence-corrected chi connectivity index (χ1v) is 13.2. The molecule has 1 amide bonds. The average Bonchev–Trinajstić information content (AvgIpc) is 3.40. The van der Waals surface area contributed by atoms with Crippen LogP contribution in [-0.4, -0.2) is 51.5 Å². The Morgan fingerprint density at radius 3 is 2.59 bits per heavy atom. The third kappa shape index (κ3) is 7.01. The van der Waals surface area contributed by atoms with Crippen molar-refractivity contribution in [3.8, 4) is 17.5 Å². The van der Waals surface area contributed by atoms with E-state index in [4.69, 9.17) is 0 Å². The summed E-state index contributed by atoms with van der Waals surface area (Å²) >= 11 is 0. The number of carbonyl (C=O) groups excluding carboxylic acids is 1. The number of piperazine rings is 1. The molecule has 1 aliphatic heterocycles. The number of benzene rings is 2. The normalized spacial score (nSPS) is 13.9. The second-order valence-corrected chi connectivity index (χ2v) is 9.98. The van der Waals surface area contributed by atoms with Crippen molar-refractivity contribution in [1.82, 2.24) is 24.8 Å². The molecule has 0 spiro atoms. The number of nitrogens with one attached hydrogen (secondary N) is 2. The second-order valence-electron chi connectivity index (χ2n) is 9.98. The lowest BCUT2D eigenvalue weighted by Crippen LogP contribution is -2.43. The third-order valence-electron chi connectivity index (χ3n) is 6.85. The summed E-state index contributed by atoms with van der Waals surface area (Å²) < 4.78 is 43.6. The van der Waals surface area contributed by atoms with Gasteiger partial charge in [0.15, 0.2) is 0 Å². The van der Waals surface area contributed by atoms with Gasteiger partial charge in [0, 0.05) is 67.5 Å². The predicted molar refractivity (Wildman–Crippen MR) is 151 cm³/mol. The van der Waals surface area contributed by atoms with E-state index in [1.54, 1.807) is 36.9 Å². The molecule has 10 heteroatoms. The van der Waals surface area contributed by atoms with E-state index in [-0.39, 0.29) is 17.8 Å². The lowest BCUT2D eigenvalue weighted by Gasteiger charge is -2.28. The number of alkyl halides is 3. The molecule has 0 unspecified atom stereocenters. The number of aromatic nitrogens is 3. The van der Waals surface area contributed by atoms with Gasteiger partial charge in [-0.15, -0.1) is 0 Å². The Morgan fingerprint density at radius 2 is 1.85 bits per heavy atom. The summed E-state index contributed by atoms with van der Waals surface area (Å²) in [5.41, 5.74) is 3.69. The number of nitrogens with zero attached hydrogens (tertiary/aromatic N) is 4. The minimum Gasteiger partial charge on any atom is -0.322 e. The molecule has 210 valence electrons. The van der Waals surface area contributed by atoms with Gasteiger partial charge in [0.1, 0.15) is 0 Å². The molecule has 7 nitrogen and oxygen atoms in total. The van der Waals surface area contributed by atoms with Gasteiger partial charge in [-0.25, -0.2) is 4.98 Å². The van der Waals surface area contributed by atoms with Gasteiger partial charge in [0.2, 0.25) is 0 Å². The van der Waals surface area contributed by atoms with Gasteiger partial charge in [-0.2, -0.15) is 13.2 Å². The maximum atomic E-state index is 13.9. The predicted octanol–water partition coefficient (Wildman–Crippen LogP) is 4.96. The van der Waals surface area contributed by atoms with Gasteiger partial charge in [-0.1, -0.05) is 24.0 Å². The molecule has 1 fully saturated rings. The molecule has 0 aliphatic carbocycles. The van der Waals surface area contributed by atoms with Crippen LogP contribution in [0.4, 0.5) is 18.9 Å². The number of hydrogen-bond acceptors (Lipinski definition) is 5. The smallest absolute Gasteiger partial charge is 0.322 e. The van der Waals surface area contributed by atoms with E-state index in [1.165, 1.54) is 12.1 Å². The molecule has 2 N–H and O–H groups in total. The molecule has 0 saturated carbocycles. The molecule has 4 aromatic rings. The molecule has 5 rings (SSSR count). The van der Waals surface area contributed by atoms with E-state index in [2.05, 4.69) is 32.4 Å². The number of halogens is 3. The summed E-state index contributed by atoms with van der Waals surface area (Å²) in [6.07, 6.45) is 2.41. The summed E-state index contributed by atoms with van der Waals surface area (Å²) in [5, 5.41) is 5.82. The molecular formula is C31H29F3N6O. The van der Waals surface area contributed by atoms with Crippen molar-refractivity contribution < 1.29 is 18.0 Å². The van der Waals surface area contributed by atoms with Gasteiger partial charge in [-0.05, 0) is 55.3 Å². The van der Waals surface area contributed by atoms with Crippen LogP contribution in [-0.2, 0) is 12.7 Å². The van der Waals surface area contributed by atoms with E-state index >= 15 is 0 Å².